The average molecular weight is 521 g/mol. The lowest BCUT2D eigenvalue weighted by Gasteiger charge is -2.12. The molecule has 0 saturated heterocycles. The molecule has 1 amide bonds. The fourth-order valence-electron chi connectivity index (χ4n) is 2.46. The molecule has 3 rings (SSSR count). The standard InChI is InChI=1S/C21H21BrN4O3S2/c1-3-9-29-19-16(22)10-14(11-17(19)28-2)12-23-24-18(27)13-30-21-26-25-20(31-21)15-7-5-4-6-8-15/h4-8,10-12H,3,9,13H2,1-2H3,(H,24,27). The maximum absolute atomic E-state index is 12.1. The third kappa shape index (κ3) is 6.78. The van der Waals surface area contributed by atoms with Crippen LogP contribution in [0.25, 0.3) is 10.6 Å². The lowest BCUT2D eigenvalue weighted by Crippen LogP contribution is -2.19. The van der Waals surface area contributed by atoms with E-state index in [9.17, 15) is 4.79 Å². The Morgan fingerprint density at radius 1 is 1.29 bits per heavy atom. The summed E-state index contributed by atoms with van der Waals surface area (Å²) in [5.74, 6) is 1.20. The number of nitrogens with zero attached hydrogens (tertiary/aromatic N) is 3. The van der Waals surface area contributed by atoms with Gasteiger partial charge in [-0.3, -0.25) is 4.79 Å². The number of rotatable bonds is 10. The number of benzene rings is 2. The minimum Gasteiger partial charge on any atom is -0.493 e. The number of hydrogen-bond donors (Lipinski definition) is 1. The van der Waals surface area contributed by atoms with E-state index in [0.717, 1.165) is 31.4 Å². The zero-order valence-corrected chi connectivity index (χ0v) is 20.2. The molecular weight excluding hydrogens is 500 g/mol. The van der Waals surface area contributed by atoms with Crippen molar-refractivity contribution in [3.8, 4) is 22.1 Å². The summed E-state index contributed by atoms with van der Waals surface area (Å²) in [5.41, 5.74) is 4.29. The molecule has 0 radical (unpaired) electrons. The third-order valence-corrected chi connectivity index (χ3v) is 6.55. The Balaban J connectivity index is 1.53. The molecule has 7 nitrogen and oxygen atoms in total. The first-order valence-electron chi connectivity index (χ1n) is 9.44. The molecule has 162 valence electrons. The summed E-state index contributed by atoms with van der Waals surface area (Å²) >= 11 is 6.27. The number of hydrogen-bond acceptors (Lipinski definition) is 8. The Morgan fingerprint density at radius 3 is 2.84 bits per heavy atom. The zero-order chi connectivity index (χ0) is 22.1. The second kappa shape index (κ2) is 11.8. The van der Waals surface area contributed by atoms with Gasteiger partial charge in [-0.05, 0) is 40.0 Å². The summed E-state index contributed by atoms with van der Waals surface area (Å²) in [4.78, 5) is 12.1. The highest BCUT2D eigenvalue weighted by molar-refractivity contribution is 9.10. The number of ether oxygens (including phenoxy) is 2. The fraction of sp³-hybridized carbons (Fsp3) is 0.238. The van der Waals surface area contributed by atoms with Crippen LogP contribution in [0.15, 0.2) is 56.4 Å². The van der Waals surface area contributed by atoms with Crippen molar-refractivity contribution < 1.29 is 14.3 Å². The second-order valence-electron chi connectivity index (χ2n) is 6.20. The van der Waals surface area contributed by atoms with Gasteiger partial charge >= 0.3 is 0 Å². The predicted octanol–water partition coefficient (Wildman–Crippen LogP) is 5.01. The summed E-state index contributed by atoms with van der Waals surface area (Å²) in [6.45, 7) is 2.63. The van der Waals surface area contributed by atoms with Crippen molar-refractivity contribution in [2.45, 2.75) is 17.7 Å². The van der Waals surface area contributed by atoms with Crippen molar-refractivity contribution in [1.29, 1.82) is 0 Å². The minimum atomic E-state index is -0.230. The summed E-state index contributed by atoms with van der Waals surface area (Å²) in [7, 11) is 1.58. The summed E-state index contributed by atoms with van der Waals surface area (Å²) in [5, 5.41) is 13.2. The molecule has 0 saturated carbocycles. The van der Waals surface area contributed by atoms with E-state index in [1.807, 2.05) is 43.3 Å². The van der Waals surface area contributed by atoms with E-state index in [4.69, 9.17) is 9.47 Å². The van der Waals surface area contributed by atoms with Gasteiger partial charge in [-0.1, -0.05) is 60.4 Å². The first kappa shape index (κ1) is 23.2. The smallest absolute Gasteiger partial charge is 0.250 e. The lowest BCUT2D eigenvalue weighted by atomic mass is 10.2. The first-order valence-corrected chi connectivity index (χ1v) is 12.0. The molecule has 0 aliphatic heterocycles. The fourth-order valence-corrected chi connectivity index (χ4v) is 4.69. The van der Waals surface area contributed by atoms with Gasteiger partial charge in [-0.25, -0.2) is 5.43 Å². The van der Waals surface area contributed by atoms with Gasteiger partial charge in [-0.15, -0.1) is 10.2 Å². The van der Waals surface area contributed by atoms with E-state index in [1.54, 1.807) is 19.4 Å². The van der Waals surface area contributed by atoms with Crippen molar-refractivity contribution in [2.24, 2.45) is 5.10 Å². The largest absolute Gasteiger partial charge is 0.493 e. The van der Waals surface area contributed by atoms with Crippen LogP contribution in [0.1, 0.15) is 18.9 Å². The molecule has 1 N–H and O–H groups in total. The summed E-state index contributed by atoms with van der Waals surface area (Å²) < 4.78 is 12.6. The SMILES string of the molecule is CCCOc1c(Br)cc(C=NNC(=O)CSc2nnc(-c3ccccc3)s2)cc1OC. The van der Waals surface area contributed by atoms with Gasteiger partial charge < -0.3 is 9.47 Å². The molecule has 0 unspecified atom stereocenters. The van der Waals surface area contributed by atoms with Gasteiger partial charge in [0.05, 0.1) is 30.2 Å². The summed E-state index contributed by atoms with van der Waals surface area (Å²) in [6, 6.07) is 13.5. The lowest BCUT2D eigenvalue weighted by molar-refractivity contribution is -0.118. The highest BCUT2D eigenvalue weighted by atomic mass is 79.9. The van der Waals surface area contributed by atoms with E-state index < -0.39 is 0 Å². The molecule has 0 aliphatic carbocycles. The van der Waals surface area contributed by atoms with Gasteiger partial charge in [0.2, 0.25) is 0 Å². The van der Waals surface area contributed by atoms with Gasteiger partial charge in [0.25, 0.3) is 5.91 Å². The first-order chi connectivity index (χ1) is 15.1. The van der Waals surface area contributed by atoms with Crippen molar-refractivity contribution >= 4 is 51.2 Å². The van der Waals surface area contributed by atoms with Crippen LogP contribution in [-0.2, 0) is 4.79 Å². The molecule has 10 heteroatoms. The zero-order valence-electron chi connectivity index (χ0n) is 17.0. The predicted molar refractivity (Wildman–Crippen MR) is 128 cm³/mol. The second-order valence-corrected chi connectivity index (χ2v) is 9.26. The Hall–Kier alpha value is -2.43. The number of carbonyl (C=O) groups is 1. The number of nitrogens with one attached hydrogen (secondary N) is 1. The van der Waals surface area contributed by atoms with E-state index in [0.29, 0.717) is 18.1 Å². The normalized spacial score (nSPS) is 10.9. The number of halogens is 1. The Labute approximate surface area is 197 Å². The van der Waals surface area contributed by atoms with Gasteiger partial charge in [0, 0.05) is 5.56 Å². The number of carbonyl (C=O) groups excluding carboxylic acids is 1. The molecule has 2 aromatic carbocycles. The minimum absolute atomic E-state index is 0.192. The molecule has 0 aliphatic rings. The molecule has 1 aromatic heterocycles. The van der Waals surface area contributed by atoms with Crippen molar-refractivity contribution in [2.75, 3.05) is 19.5 Å². The van der Waals surface area contributed by atoms with E-state index in [-0.39, 0.29) is 11.7 Å². The topological polar surface area (TPSA) is 85.7 Å². The van der Waals surface area contributed by atoms with Crippen LogP contribution in [0.3, 0.4) is 0 Å². The van der Waals surface area contributed by atoms with Crippen LogP contribution >= 0.6 is 39.0 Å². The third-order valence-electron chi connectivity index (χ3n) is 3.86. The van der Waals surface area contributed by atoms with Crippen molar-refractivity contribution in [3.63, 3.8) is 0 Å². The van der Waals surface area contributed by atoms with Crippen LogP contribution in [0.5, 0.6) is 11.5 Å². The van der Waals surface area contributed by atoms with E-state index in [1.165, 1.54) is 23.1 Å². The highest BCUT2D eigenvalue weighted by Gasteiger charge is 2.11. The summed E-state index contributed by atoms with van der Waals surface area (Å²) in [6.07, 6.45) is 2.45. The van der Waals surface area contributed by atoms with Crippen molar-refractivity contribution in [1.82, 2.24) is 15.6 Å². The molecule has 0 fully saturated rings. The number of hydrazone groups is 1. The van der Waals surface area contributed by atoms with Crippen LogP contribution in [0.4, 0.5) is 0 Å². The van der Waals surface area contributed by atoms with Crippen LogP contribution in [0, 0.1) is 0 Å². The van der Waals surface area contributed by atoms with Crippen LogP contribution < -0.4 is 14.9 Å². The van der Waals surface area contributed by atoms with Gasteiger partial charge in [0.1, 0.15) is 5.01 Å². The number of amides is 1. The highest BCUT2D eigenvalue weighted by Crippen LogP contribution is 2.36. The van der Waals surface area contributed by atoms with Crippen LogP contribution in [0.2, 0.25) is 0 Å². The maximum atomic E-state index is 12.1. The Bertz CT molecular complexity index is 1040. The van der Waals surface area contributed by atoms with Gasteiger partial charge in [-0.2, -0.15) is 5.10 Å². The Kier molecular flexibility index (Phi) is 8.86. The molecule has 1 heterocycles. The monoisotopic (exact) mass is 520 g/mol. The molecular formula is C21H21BrN4O3S2. The van der Waals surface area contributed by atoms with Gasteiger partial charge in [0.15, 0.2) is 15.8 Å². The van der Waals surface area contributed by atoms with E-state index in [2.05, 4.69) is 36.7 Å². The number of methoxy groups -OCH3 is 1. The molecule has 0 atom stereocenters. The molecule has 0 bridgehead atoms. The van der Waals surface area contributed by atoms with Crippen LogP contribution in [-0.4, -0.2) is 41.8 Å². The maximum Gasteiger partial charge on any atom is 0.250 e. The Morgan fingerprint density at radius 2 is 2.10 bits per heavy atom. The van der Waals surface area contributed by atoms with E-state index >= 15 is 0 Å². The molecule has 3 aromatic rings. The van der Waals surface area contributed by atoms with Crippen molar-refractivity contribution in [3.05, 3.63) is 52.5 Å². The quantitative estimate of drug-likeness (QED) is 0.230. The number of thioether (sulfide) groups is 1. The number of aromatic nitrogens is 2. The average Bonchev–Trinajstić information content (AvgIpc) is 3.26. The molecule has 0 spiro atoms. The molecule has 31 heavy (non-hydrogen) atoms.